The Hall–Kier alpha value is -4.36. The Labute approximate surface area is 254 Å². The lowest BCUT2D eigenvalue weighted by molar-refractivity contribution is -0.159. The number of hydrogen-bond donors (Lipinski definition) is 3. The van der Waals surface area contributed by atoms with Crippen molar-refractivity contribution >= 4 is 23.9 Å². The van der Waals surface area contributed by atoms with E-state index in [1.807, 2.05) is 43.3 Å². The van der Waals surface area contributed by atoms with Crippen LogP contribution in [0.15, 0.2) is 48.5 Å². The van der Waals surface area contributed by atoms with Gasteiger partial charge in [-0.3, -0.25) is 14.5 Å². The quantitative estimate of drug-likeness (QED) is 0.217. The first-order valence-electron chi connectivity index (χ1n) is 14.0. The average Bonchev–Trinajstić information content (AvgIpc) is 2.90. The van der Waals surface area contributed by atoms with E-state index in [4.69, 9.17) is 15.9 Å². The summed E-state index contributed by atoms with van der Waals surface area (Å²) in [6, 6.07) is 12.5. The lowest BCUT2D eigenvalue weighted by Crippen LogP contribution is -2.54. The van der Waals surface area contributed by atoms with Crippen LogP contribution in [-0.4, -0.2) is 63.8 Å². The first-order valence-corrected chi connectivity index (χ1v) is 14.0. The van der Waals surface area contributed by atoms with Gasteiger partial charge in [-0.2, -0.15) is 0 Å². The molecule has 3 unspecified atom stereocenters. The fraction of sp³-hybridized carbons (Fsp3) is 0.455. The summed E-state index contributed by atoms with van der Waals surface area (Å²) in [5.74, 6) is -2.34. The Morgan fingerprint density at radius 3 is 2.02 bits per heavy atom. The number of carbonyl (C=O) groups is 4. The van der Waals surface area contributed by atoms with Crippen LogP contribution in [0.25, 0.3) is 0 Å². The molecule has 3 atom stereocenters. The highest BCUT2D eigenvalue weighted by Gasteiger charge is 2.38. The number of carbonyl (C=O) groups excluding carboxylic acids is 4. The third-order valence-electron chi connectivity index (χ3n) is 6.29. The number of esters is 1. The summed E-state index contributed by atoms with van der Waals surface area (Å²) < 4.78 is 10.8. The van der Waals surface area contributed by atoms with Crippen LogP contribution in [0.5, 0.6) is 0 Å². The molecule has 0 aliphatic rings. The van der Waals surface area contributed by atoms with Gasteiger partial charge in [-0.15, -0.1) is 0 Å². The molecule has 10 nitrogen and oxygen atoms in total. The molecule has 0 bridgehead atoms. The van der Waals surface area contributed by atoms with Gasteiger partial charge in [-0.05, 0) is 77.6 Å². The van der Waals surface area contributed by atoms with Crippen LogP contribution in [0, 0.1) is 26.3 Å². The predicted molar refractivity (Wildman–Crippen MR) is 163 cm³/mol. The summed E-state index contributed by atoms with van der Waals surface area (Å²) in [7, 11) is 0. The van der Waals surface area contributed by atoms with Crippen LogP contribution in [0.3, 0.4) is 0 Å². The molecule has 3 N–H and O–H groups in total. The lowest BCUT2D eigenvalue weighted by Gasteiger charge is -2.32. The average molecular weight is 594 g/mol. The molecule has 2 rings (SSSR count). The van der Waals surface area contributed by atoms with Crippen LogP contribution >= 0.6 is 0 Å². The van der Waals surface area contributed by atoms with Crippen molar-refractivity contribution in [1.29, 1.82) is 0 Å². The highest BCUT2D eigenvalue weighted by Crippen LogP contribution is 2.27. The van der Waals surface area contributed by atoms with E-state index in [9.17, 15) is 24.3 Å². The number of benzene rings is 2. The Balaban J connectivity index is 2.54. The zero-order valence-electron chi connectivity index (χ0n) is 26.2. The van der Waals surface area contributed by atoms with E-state index in [1.165, 1.54) is 0 Å². The van der Waals surface area contributed by atoms with Gasteiger partial charge < -0.3 is 25.2 Å². The van der Waals surface area contributed by atoms with Gasteiger partial charge in [-0.1, -0.05) is 55.0 Å². The number of nitrogens with zero attached hydrogens (tertiary/aromatic N) is 1. The number of aliphatic hydroxyl groups excluding tert-OH is 1. The van der Waals surface area contributed by atoms with Gasteiger partial charge in [0.15, 0.2) is 0 Å². The van der Waals surface area contributed by atoms with Crippen molar-refractivity contribution in [3.8, 4) is 12.5 Å². The smallest absolute Gasteiger partial charge is 0.408 e. The van der Waals surface area contributed by atoms with Crippen LogP contribution < -0.4 is 10.6 Å². The summed E-state index contributed by atoms with van der Waals surface area (Å²) in [6.45, 7) is 12.9. The fourth-order valence-corrected chi connectivity index (χ4v) is 4.20. The van der Waals surface area contributed by atoms with E-state index in [-0.39, 0.29) is 6.42 Å². The topological polar surface area (TPSA) is 134 Å². The van der Waals surface area contributed by atoms with E-state index in [0.29, 0.717) is 11.1 Å². The van der Waals surface area contributed by atoms with Gasteiger partial charge in [-0.25, -0.2) is 9.59 Å². The maximum Gasteiger partial charge on any atom is 0.408 e. The predicted octanol–water partition coefficient (Wildman–Crippen LogP) is 3.72. The van der Waals surface area contributed by atoms with Crippen molar-refractivity contribution in [1.82, 2.24) is 15.5 Å². The molecule has 0 saturated carbocycles. The Kier molecular flexibility index (Phi) is 11.9. The van der Waals surface area contributed by atoms with Crippen molar-refractivity contribution in [3.05, 3.63) is 70.8 Å². The molecule has 0 saturated heterocycles. The zero-order chi connectivity index (χ0) is 32.5. The third kappa shape index (κ3) is 10.5. The van der Waals surface area contributed by atoms with Crippen molar-refractivity contribution < 1.29 is 33.8 Å². The highest BCUT2D eigenvalue weighted by atomic mass is 16.6. The summed E-state index contributed by atoms with van der Waals surface area (Å²) in [5, 5.41) is 15.1. The van der Waals surface area contributed by atoms with E-state index in [0.717, 1.165) is 16.0 Å². The van der Waals surface area contributed by atoms with Crippen LogP contribution in [0.1, 0.15) is 69.8 Å². The summed E-state index contributed by atoms with van der Waals surface area (Å²) in [6.07, 6.45) is 4.99. The van der Waals surface area contributed by atoms with Crippen molar-refractivity contribution in [2.75, 3.05) is 6.61 Å². The maximum atomic E-state index is 14.1. The second-order valence-corrected chi connectivity index (χ2v) is 12.2. The van der Waals surface area contributed by atoms with Gasteiger partial charge in [0.1, 0.15) is 29.3 Å². The molecule has 0 radical (unpaired) electrons. The summed E-state index contributed by atoms with van der Waals surface area (Å²) in [5.41, 5.74) is 1.00. The molecule has 0 aromatic heterocycles. The van der Waals surface area contributed by atoms with Crippen LogP contribution in [-0.2, 0) is 30.3 Å². The van der Waals surface area contributed by atoms with Gasteiger partial charge >= 0.3 is 12.1 Å². The number of nitrogens with one attached hydrogen (secondary N) is 2. The zero-order valence-corrected chi connectivity index (χ0v) is 26.2. The number of aryl methyl sites for hydroxylation is 1. The first kappa shape index (κ1) is 34.8. The number of rotatable bonds is 10. The molecule has 2 aromatic rings. The Bertz CT molecular complexity index is 1340. The number of amides is 3. The number of hydrogen-bond acceptors (Lipinski definition) is 7. The minimum Gasteiger partial charge on any atom is -0.458 e. The molecule has 3 amide bonds. The van der Waals surface area contributed by atoms with Crippen LogP contribution in [0.2, 0.25) is 0 Å². The van der Waals surface area contributed by atoms with Crippen LogP contribution in [0.4, 0.5) is 4.79 Å². The summed E-state index contributed by atoms with van der Waals surface area (Å²) in [4.78, 5) is 54.3. The van der Waals surface area contributed by atoms with E-state index < -0.39 is 59.8 Å². The Morgan fingerprint density at radius 2 is 1.49 bits per heavy atom. The Morgan fingerprint density at radius 1 is 0.884 bits per heavy atom. The molecule has 2 aromatic carbocycles. The normalized spacial score (nSPS) is 13.5. The summed E-state index contributed by atoms with van der Waals surface area (Å²) >= 11 is 0. The molecule has 0 fully saturated rings. The van der Waals surface area contributed by atoms with E-state index >= 15 is 0 Å². The molecular weight excluding hydrogens is 550 g/mol. The molecule has 0 heterocycles. The number of ether oxygens (including phenoxy) is 2. The molecule has 43 heavy (non-hydrogen) atoms. The third-order valence-corrected chi connectivity index (χ3v) is 6.29. The lowest BCUT2D eigenvalue weighted by atomic mass is 9.95. The highest BCUT2D eigenvalue weighted by molar-refractivity contribution is 5.95. The maximum absolute atomic E-state index is 14.1. The molecule has 232 valence electrons. The van der Waals surface area contributed by atoms with Crippen molar-refractivity contribution in [2.24, 2.45) is 0 Å². The molecular formula is C33H43N3O7. The molecule has 0 spiro atoms. The minimum absolute atomic E-state index is 0.116. The monoisotopic (exact) mass is 593 g/mol. The van der Waals surface area contributed by atoms with Gasteiger partial charge in [0, 0.05) is 12.5 Å². The second kappa shape index (κ2) is 14.7. The van der Waals surface area contributed by atoms with E-state index in [2.05, 4.69) is 16.7 Å². The van der Waals surface area contributed by atoms with Gasteiger partial charge in [0.05, 0.1) is 6.61 Å². The number of aliphatic hydroxyl groups is 1. The van der Waals surface area contributed by atoms with E-state index in [1.54, 1.807) is 60.6 Å². The largest absolute Gasteiger partial charge is 0.458 e. The molecule has 10 heteroatoms. The first-order chi connectivity index (χ1) is 20.0. The van der Waals surface area contributed by atoms with Crippen molar-refractivity contribution in [2.45, 2.75) is 91.1 Å². The van der Waals surface area contributed by atoms with Gasteiger partial charge in [0.25, 0.3) is 5.91 Å². The second-order valence-electron chi connectivity index (χ2n) is 12.2. The SMILES string of the molecule is C#CN(C(=O)C(CO)NC(=O)OC(C)(C)C)C(C(=O)NC(Cc1ccccc1)C(=O)OC(C)(C)C)c1cccc(C)c1C. The molecule has 0 aliphatic carbocycles. The van der Waals surface area contributed by atoms with Gasteiger partial charge in [0.2, 0.25) is 5.91 Å². The minimum atomic E-state index is -1.52. The number of terminal acetylenes is 1. The number of alkyl carbamates (subject to hydrolysis) is 1. The van der Waals surface area contributed by atoms with Crippen molar-refractivity contribution in [3.63, 3.8) is 0 Å². The standard InChI is InChI=1S/C33H43N3O7/c1-10-36(29(39)26(20-37)35-31(41)43-33(7,8)9)27(24-18-14-15-21(2)22(24)3)28(38)34-25(30(40)42-32(4,5)6)19-23-16-12-11-13-17-23/h1,11-18,25-27,37H,19-20H2,2-9H3,(H,34,38)(H,35,41). The molecule has 0 aliphatic heterocycles. The fourth-order valence-electron chi connectivity index (χ4n) is 4.20.